The van der Waals surface area contributed by atoms with Gasteiger partial charge in [-0.3, -0.25) is 4.57 Å². The van der Waals surface area contributed by atoms with Crippen molar-refractivity contribution in [2.45, 2.75) is 11.6 Å². The Morgan fingerprint density at radius 3 is 2.08 bits per heavy atom. The molecular formula is C20H21O3P. The maximum atomic E-state index is 13.7. The Bertz CT molecular complexity index is 788. The molecule has 0 N–H and O–H groups in total. The van der Waals surface area contributed by atoms with E-state index in [2.05, 4.69) is 0 Å². The minimum Gasteiger partial charge on any atom is -0.311 e. The normalized spacial score (nSPS) is 20.7. The van der Waals surface area contributed by atoms with E-state index in [4.69, 9.17) is 9.05 Å². The van der Waals surface area contributed by atoms with Crippen molar-refractivity contribution in [1.82, 2.24) is 0 Å². The highest BCUT2D eigenvalue weighted by Crippen LogP contribution is 2.71. The lowest BCUT2D eigenvalue weighted by molar-refractivity contribution is 0.255. The lowest BCUT2D eigenvalue weighted by Gasteiger charge is -2.41. The predicted octanol–water partition coefficient (Wildman–Crippen LogP) is 5.41. The summed E-state index contributed by atoms with van der Waals surface area (Å²) in [4.78, 5) is 0. The number of hydrogen-bond acceptors (Lipinski definition) is 3. The molecule has 1 aliphatic carbocycles. The molecule has 3 nitrogen and oxygen atoms in total. The molecule has 4 heteroatoms. The van der Waals surface area contributed by atoms with Gasteiger partial charge in [-0.15, -0.1) is 0 Å². The van der Waals surface area contributed by atoms with Gasteiger partial charge < -0.3 is 9.05 Å². The second-order valence-corrected chi connectivity index (χ2v) is 8.16. The molecule has 0 aliphatic heterocycles. The van der Waals surface area contributed by atoms with Crippen LogP contribution in [0.2, 0.25) is 0 Å². The van der Waals surface area contributed by atoms with E-state index in [9.17, 15) is 4.57 Å². The molecule has 0 aromatic heterocycles. The maximum Gasteiger partial charge on any atom is 0.345 e. The summed E-state index contributed by atoms with van der Waals surface area (Å²) in [5.41, 5.74) is 2.89. The first kappa shape index (κ1) is 16.9. The lowest BCUT2D eigenvalue weighted by Crippen LogP contribution is -2.30. The molecule has 0 bridgehead atoms. The lowest BCUT2D eigenvalue weighted by atomic mass is 9.81. The van der Waals surface area contributed by atoms with Crippen molar-refractivity contribution in [3.05, 3.63) is 90.0 Å². The highest BCUT2D eigenvalue weighted by atomic mass is 31.2. The smallest absolute Gasteiger partial charge is 0.311 e. The fourth-order valence-electron chi connectivity index (χ4n) is 3.39. The van der Waals surface area contributed by atoms with Crippen LogP contribution < -0.4 is 0 Å². The molecule has 1 aliphatic rings. The van der Waals surface area contributed by atoms with Crippen LogP contribution >= 0.6 is 7.60 Å². The van der Waals surface area contributed by atoms with E-state index in [1.165, 1.54) is 14.2 Å². The topological polar surface area (TPSA) is 35.5 Å². The van der Waals surface area contributed by atoms with Gasteiger partial charge in [0.25, 0.3) is 0 Å². The van der Waals surface area contributed by atoms with Gasteiger partial charge in [0, 0.05) is 14.2 Å². The monoisotopic (exact) mass is 340 g/mol. The molecule has 124 valence electrons. The van der Waals surface area contributed by atoms with Crippen LogP contribution in [-0.4, -0.2) is 14.2 Å². The molecule has 0 spiro atoms. The predicted molar refractivity (Wildman–Crippen MR) is 97.9 cm³/mol. The molecule has 0 saturated carbocycles. The largest absolute Gasteiger partial charge is 0.345 e. The van der Waals surface area contributed by atoms with Crippen molar-refractivity contribution in [1.29, 1.82) is 0 Å². The Hall–Kier alpha value is -1.93. The number of hydrogen-bond donors (Lipinski definition) is 0. The molecule has 1 atom stereocenters. The fraction of sp³-hybridized carbons (Fsp3) is 0.200. The van der Waals surface area contributed by atoms with Gasteiger partial charge >= 0.3 is 7.60 Å². The molecular weight excluding hydrogens is 319 g/mol. The van der Waals surface area contributed by atoms with E-state index in [0.29, 0.717) is 6.42 Å². The Balaban J connectivity index is 2.31. The zero-order valence-electron chi connectivity index (χ0n) is 13.9. The third-order valence-electron chi connectivity index (χ3n) is 4.54. The molecule has 0 amide bonds. The first-order valence-corrected chi connectivity index (χ1v) is 9.42. The second-order valence-electron chi connectivity index (χ2n) is 5.67. The van der Waals surface area contributed by atoms with Crippen LogP contribution in [0.5, 0.6) is 0 Å². The summed E-state index contributed by atoms with van der Waals surface area (Å²) >= 11 is 0. The summed E-state index contributed by atoms with van der Waals surface area (Å²) in [5, 5.41) is -0.867. The number of benzene rings is 2. The molecule has 0 saturated heterocycles. The minimum atomic E-state index is -3.45. The van der Waals surface area contributed by atoms with Gasteiger partial charge in [-0.1, -0.05) is 78.9 Å². The van der Waals surface area contributed by atoms with Gasteiger partial charge in [-0.25, -0.2) is 0 Å². The van der Waals surface area contributed by atoms with E-state index in [1.807, 2.05) is 78.9 Å². The van der Waals surface area contributed by atoms with Crippen LogP contribution in [0.3, 0.4) is 0 Å². The molecule has 2 aromatic carbocycles. The van der Waals surface area contributed by atoms with Crippen LogP contribution in [0.1, 0.15) is 17.5 Å². The van der Waals surface area contributed by atoms with E-state index < -0.39 is 12.8 Å². The zero-order chi connectivity index (χ0) is 17.0. The Labute approximate surface area is 143 Å². The van der Waals surface area contributed by atoms with Gasteiger partial charge in [-0.05, 0) is 23.1 Å². The molecule has 3 rings (SSSR count). The Morgan fingerprint density at radius 2 is 1.50 bits per heavy atom. The highest BCUT2D eigenvalue weighted by Gasteiger charge is 2.54. The van der Waals surface area contributed by atoms with E-state index in [1.54, 1.807) is 0 Å². The summed E-state index contributed by atoms with van der Waals surface area (Å²) in [6.07, 6.45) is 6.58. The minimum absolute atomic E-state index is 0.552. The molecule has 2 aromatic rings. The third kappa shape index (κ3) is 2.59. The molecule has 0 fully saturated rings. The van der Waals surface area contributed by atoms with Crippen molar-refractivity contribution in [2.75, 3.05) is 14.2 Å². The Kier molecular flexibility index (Phi) is 4.86. The fourth-order valence-corrected chi connectivity index (χ4v) is 5.46. The molecule has 0 heterocycles. The van der Waals surface area contributed by atoms with Gasteiger partial charge in [-0.2, -0.15) is 0 Å². The standard InChI is InChI=1S/C20H21O3P/c1-22-24(21,23-2)20(18-13-7-4-8-14-18)16-10-9-15-19(20)17-11-5-3-6-12-17/h3-15H,16H2,1-2H3. The number of rotatable bonds is 5. The van der Waals surface area contributed by atoms with Crippen LogP contribution in [-0.2, 0) is 18.8 Å². The first-order chi connectivity index (χ1) is 11.7. The average molecular weight is 340 g/mol. The Morgan fingerprint density at radius 1 is 0.917 bits per heavy atom. The van der Waals surface area contributed by atoms with Crippen molar-refractivity contribution < 1.29 is 13.6 Å². The van der Waals surface area contributed by atoms with E-state index in [0.717, 1.165) is 16.7 Å². The molecule has 0 radical (unpaired) electrons. The van der Waals surface area contributed by atoms with E-state index >= 15 is 0 Å². The highest BCUT2D eigenvalue weighted by molar-refractivity contribution is 7.55. The van der Waals surface area contributed by atoms with Gasteiger partial charge in [0.1, 0.15) is 5.16 Å². The van der Waals surface area contributed by atoms with Crippen molar-refractivity contribution >= 4 is 13.2 Å². The van der Waals surface area contributed by atoms with Gasteiger partial charge in [0.2, 0.25) is 0 Å². The van der Waals surface area contributed by atoms with Crippen molar-refractivity contribution in [3.63, 3.8) is 0 Å². The van der Waals surface area contributed by atoms with Crippen molar-refractivity contribution in [3.8, 4) is 0 Å². The summed E-state index contributed by atoms with van der Waals surface area (Å²) in [6.45, 7) is 0. The molecule has 24 heavy (non-hydrogen) atoms. The molecule has 1 unspecified atom stereocenters. The summed E-state index contributed by atoms with van der Waals surface area (Å²) in [5.74, 6) is 0. The average Bonchev–Trinajstić information content (AvgIpc) is 2.68. The third-order valence-corrected chi connectivity index (χ3v) is 7.12. The van der Waals surface area contributed by atoms with E-state index in [-0.39, 0.29) is 0 Å². The van der Waals surface area contributed by atoms with Crippen LogP contribution in [0.15, 0.2) is 78.9 Å². The van der Waals surface area contributed by atoms with Gasteiger partial charge in [0.05, 0.1) is 0 Å². The SMILES string of the molecule is COP(=O)(OC)C1(c2ccccc2)CC=CC=C1c1ccccc1. The van der Waals surface area contributed by atoms with Crippen LogP contribution in [0.4, 0.5) is 0 Å². The summed E-state index contributed by atoms with van der Waals surface area (Å²) in [7, 11) is -0.542. The quantitative estimate of drug-likeness (QED) is 0.683. The van der Waals surface area contributed by atoms with Crippen LogP contribution in [0, 0.1) is 0 Å². The summed E-state index contributed by atoms with van der Waals surface area (Å²) in [6, 6.07) is 19.8. The zero-order valence-corrected chi connectivity index (χ0v) is 14.8. The van der Waals surface area contributed by atoms with Crippen molar-refractivity contribution in [2.24, 2.45) is 0 Å². The number of allylic oxidation sites excluding steroid dienone is 4. The second kappa shape index (κ2) is 6.90. The van der Waals surface area contributed by atoms with Gasteiger partial charge in [0.15, 0.2) is 0 Å². The summed E-state index contributed by atoms with van der Waals surface area (Å²) < 4.78 is 24.7. The first-order valence-electron chi connectivity index (χ1n) is 7.88. The van der Waals surface area contributed by atoms with Crippen LogP contribution in [0.25, 0.3) is 5.57 Å². The maximum absolute atomic E-state index is 13.7.